The van der Waals surface area contributed by atoms with Gasteiger partial charge in [0.05, 0.1) is 5.56 Å². The number of nitrogens with one attached hydrogen (secondary N) is 1. The molecule has 1 heterocycles. The van der Waals surface area contributed by atoms with Crippen molar-refractivity contribution in [1.82, 2.24) is 15.4 Å². The number of amides is 1. The molecule has 0 aliphatic rings. The van der Waals surface area contributed by atoms with Gasteiger partial charge in [0.25, 0.3) is 5.91 Å². The summed E-state index contributed by atoms with van der Waals surface area (Å²) in [6.07, 6.45) is 3.41. The van der Waals surface area contributed by atoms with Crippen LogP contribution in [0.3, 0.4) is 0 Å². The van der Waals surface area contributed by atoms with E-state index in [0.29, 0.717) is 19.0 Å². The lowest BCUT2D eigenvalue weighted by molar-refractivity contribution is 0.0700. The molecule has 0 atom stereocenters. The summed E-state index contributed by atoms with van der Waals surface area (Å²) in [4.78, 5) is 17.4. The highest BCUT2D eigenvalue weighted by Gasteiger charge is 2.20. The van der Waals surface area contributed by atoms with E-state index in [-0.39, 0.29) is 12.1 Å². The third kappa shape index (κ3) is 5.04. The van der Waals surface area contributed by atoms with Gasteiger partial charge >= 0.3 is 0 Å². The molecule has 0 aliphatic heterocycles. The molecule has 0 spiro atoms. The van der Waals surface area contributed by atoms with Crippen LogP contribution in [-0.2, 0) is 13.1 Å². The fourth-order valence-corrected chi connectivity index (χ4v) is 2.64. The molecule has 0 fully saturated rings. The lowest BCUT2D eigenvalue weighted by Gasteiger charge is -2.24. The van der Waals surface area contributed by atoms with E-state index in [1.54, 1.807) is 12.4 Å². The van der Waals surface area contributed by atoms with Crippen LogP contribution in [0.5, 0.6) is 0 Å². The number of hydrogen-bond donors (Lipinski definition) is 2. The standard InChI is InChI=1S/C18H21F2N3O2/c1-12(2)9-23(10-13-4-3-7-21-8-13)11-14-5-6-15(18(24)22-25)17(20)16(14)19/h3-8,12,25H,9-11H2,1-2H3,(H,22,24). The average Bonchev–Trinajstić information content (AvgIpc) is 2.59. The molecule has 134 valence electrons. The topological polar surface area (TPSA) is 65.5 Å². The lowest BCUT2D eigenvalue weighted by Crippen LogP contribution is -2.28. The van der Waals surface area contributed by atoms with Crippen LogP contribution in [0, 0.1) is 17.6 Å². The molecular formula is C18H21F2N3O2. The zero-order chi connectivity index (χ0) is 18.4. The first kappa shape index (κ1) is 19.0. The summed E-state index contributed by atoms with van der Waals surface area (Å²) in [5.74, 6) is -3.10. The highest BCUT2D eigenvalue weighted by Crippen LogP contribution is 2.19. The Morgan fingerprint density at radius 3 is 2.60 bits per heavy atom. The van der Waals surface area contributed by atoms with Crippen molar-refractivity contribution in [1.29, 1.82) is 0 Å². The van der Waals surface area contributed by atoms with Gasteiger partial charge in [-0.3, -0.25) is 19.9 Å². The maximum Gasteiger partial charge on any atom is 0.277 e. The normalized spacial score (nSPS) is 11.2. The van der Waals surface area contributed by atoms with Crippen molar-refractivity contribution in [2.75, 3.05) is 6.54 Å². The number of carbonyl (C=O) groups excluding carboxylic acids is 1. The van der Waals surface area contributed by atoms with Crippen molar-refractivity contribution in [3.8, 4) is 0 Å². The van der Waals surface area contributed by atoms with Crippen LogP contribution < -0.4 is 5.48 Å². The number of benzene rings is 1. The first-order valence-corrected chi connectivity index (χ1v) is 7.95. The van der Waals surface area contributed by atoms with Crippen LogP contribution in [0.15, 0.2) is 36.7 Å². The third-order valence-corrected chi connectivity index (χ3v) is 3.65. The van der Waals surface area contributed by atoms with E-state index < -0.39 is 23.1 Å². The smallest absolute Gasteiger partial charge is 0.277 e. The maximum atomic E-state index is 14.3. The van der Waals surface area contributed by atoms with Gasteiger partial charge < -0.3 is 0 Å². The number of rotatable bonds is 7. The van der Waals surface area contributed by atoms with E-state index >= 15 is 0 Å². The first-order chi connectivity index (χ1) is 11.9. The second-order valence-electron chi connectivity index (χ2n) is 6.27. The summed E-state index contributed by atoms with van der Waals surface area (Å²) < 4.78 is 28.4. The van der Waals surface area contributed by atoms with Gasteiger partial charge in [-0.1, -0.05) is 26.0 Å². The summed E-state index contributed by atoms with van der Waals surface area (Å²) in [5, 5.41) is 8.58. The minimum Gasteiger partial charge on any atom is -0.294 e. The zero-order valence-corrected chi connectivity index (χ0v) is 14.2. The van der Waals surface area contributed by atoms with E-state index in [2.05, 4.69) is 4.98 Å². The van der Waals surface area contributed by atoms with Gasteiger partial charge in [-0.2, -0.15) is 0 Å². The monoisotopic (exact) mass is 349 g/mol. The van der Waals surface area contributed by atoms with Crippen LogP contribution in [0.4, 0.5) is 8.78 Å². The predicted octanol–water partition coefficient (Wildman–Crippen LogP) is 3.14. The van der Waals surface area contributed by atoms with Gasteiger partial charge in [0.1, 0.15) is 0 Å². The Hall–Kier alpha value is -2.38. The molecule has 0 radical (unpaired) electrons. The predicted molar refractivity (Wildman–Crippen MR) is 88.8 cm³/mol. The molecule has 0 saturated heterocycles. The summed E-state index contributed by atoms with van der Waals surface area (Å²) in [6, 6.07) is 6.27. The minimum absolute atomic E-state index is 0.150. The molecule has 1 aromatic heterocycles. The van der Waals surface area contributed by atoms with E-state index in [9.17, 15) is 13.6 Å². The molecule has 1 amide bonds. The Morgan fingerprint density at radius 1 is 1.24 bits per heavy atom. The van der Waals surface area contributed by atoms with Crippen molar-refractivity contribution >= 4 is 5.91 Å². The molecule has 2 rings (SSSR count). The number of hydrogen-bond acceptors (Lipinski definition) is 4. The van der Waals surface area contributed by atoms with Crippen LogP contribution in [0.2, 0.25) is 0 Å². The summed E-state index contributed by atoms with van der Waals surface area (Å²) >= 11 is 0. The van der Waals surface area contributed by atoms with Crippen LogP contribution in [0.25, 0.3) is 0 Å². The van der Waals surface area contributed by atoms with Crippen LogP contribution in [0.1, 0.15) is 35.3 Å². The minimum atomic E-state index is -1.27. The molecule has 25 heavy (non-hydrogen) atoms. The summed E-state index contributed by atoms with van der Waals surface area (Å²) in [5.41, 5.74) is 1.89. The molecule has 2 aromatic rings. The van der Waals surface area contributed by atoms with E-state index in [4.69, 9.17) is 5.21 Å². The number of carbonyl (C=O) groups is 1. The van der Waals surface area contributed by atoms with Gasteiger partial charge in [0, 0.05) is 37.6 Å². The molecule has 0 aliphatic carbocycles. The molecule has 0 bridgehead atoms. The highest BCUT2D eigenvalue weighted by atomic mass is 19.2. The summed E-state index contributed by atoms with van der Waals surface area (Å²) in [7, 11) is 0. The third-order valence-electron chi connectivity index (χ3n) is 3.65. The molecule has 5 nitrogen and oxygen atoms in total. The van der Waals surface area contributed by atoms with Gasteiger partial charge in [0.15, 0.2) is 11.6 Å². The Kier molecular flexibility index (Phi) is 6.55. The van der Waals surface area contributed by atoms with Gasteiger partial charge in [-0.15, -0.1) is 0 Å². The van der Waals surface area contributed by atoms with Gasteiger partial charge in [0.2, 0.25) is 0 Å². The molecule has 0 saturated carbocycles. The molecule has 1 aromatic carbocycles. The van der Waals surface area contributed by atoms with Crippen molar-refractivity contribution < 1.29 is 18.8 Å². The summed E-state index contributed by atoms with van der Waals surface area (Å²) in [6.45, 7) is 5.52. The highest BCUT2D eigenvalue weighted by molar-refractivity contribution is 5.93. The largest absolute Gasteiger partial charge is 0.294 e. The second kappa shape index (κ2) is 8.64. The number of pyridine rings is 1. The number of halogens is 2. The van der Waals surface area contributed by atoms with E-state index in [0.717, 1.165) is 11.6 Å². The van der Waals surface area contributed by atoms with Gasteiger partial charge in [-0.25, -0.2) is 14.3 Å². The second-order valence-corrected chi connectivity index (χ2v) is 6.27. The lowest BCUT2D eigenvalue weighted by atomic mass is 10.1. The Morgan fingerprint density at radius 2 is 2.00 bits per heavy atom. The van der Waals surface area contributed by atoms with Crippen molar-refractivity contribution in [3.05, 3.63) is 65.0 Å². The maximum absolute atomic E-state index is 14.3. The zero-order valence-electron chi connectivity index (χ0n) is 14.2. The average molecular weight is 349 g/mol. The number of hydroxylamine groups is 1. The van der Waals surface area contributed by atoms with Crippen LogP contribution >= 0.6 is 0 Å². The van der Waals surface area contributed by atoms with Gasteiger partial charge in [-0.05, 0) is 23.6 Å². The van der Waals surface area contributed by atoms with E-state index in [1.807, 2.05) is 30.9 Å². The quantitative estimate of drug-likeness (QED) is 0.595. The number of nitrogens with zero attached hydrogens (tertiary/aromatic N) is 2. The van der Waals surface area contributed by atoms with Crippen molar-refractivity contribution in [2.24, 2.45) is 5.92 Å². The fraction of sp³-hybridized carbons (Fsp3) is 0.333. The fourth-order valence-electron chi connectivity index (χ4n) is 2.64. The molecule has 2 N–H and O–H groups in total. The van der Waals surface area contributed by atoms with Crippen LogP contribution in [-0.4, -0.2) is 27.5 Å². The van der Waals surface area contributed by atoms with Crippen molar-refractivity contribution in [3.63, 3.8) is 0 Å². The number of aromatic nitrogens is 1. The van der Waals surface area contributed by atoms with Crippen molar-refractivity contribution in [2.45, 2.75) is 26.9 Å². The molecule has 0 unspecified atom stereocenters. The first-order valence-electron chi connectivity index (χ1n) is 7.95. The Balaban J connectivity index is 2.23. The Bertz CT molecular complexity index is 724. The molecule has 7 heteroatoms. The Labute approximate surface area is 145 Å². The molecular weight excluding hydrogens is 328 g/mol. The SMILES string of the molecule is CC(C)CN(Cc1cccnc1)Cc1ccc(C(=O)NO)c(F)c1F. The van der Waals surface area contributed by atoms with E-state index in [1.165, 1.54) is 11.5 Å².